The van der Waals surface area contributed by atoms with Gasteiger partial charge in [0.05, 0.1) is 26.5 Å². The molecule has 188 valence electrons. The summed E-state index contributed by atoms with van der Waals surface area (Å²) in [6.07, 6.45) is 0.831. The molecule has 0 aliphatic carbocycles. The zero-order valence-electron chi connectivity index (χ0n) is 20.7. The van der Waals surface area contributed by atoms with Gasteiger partial charge in [0.2, 0.25) is 5.91 Å². The minimum atomic E-state index is -0.160. The number of carbonyl (C=O) groups excluding carboxylic acids is 2. The molecular weight excluding hydrogens is 460 g/mol. The Kier molecular flexibility index (Phi) is 7.95. The third-order valence-corrected chi connectivity index (χ3v) is 5.85. The summed E-state index contributed by atoms with van der Waals surface area (Å²) in [5, 5.41) is 2.92. The van der Waals surface area contributed by atoms with Crippen LogP contribution >= 0.6 is 0 Å². The number of nitrogens with one attached hydrogen (secondary N) is 1. The average molecular weight is 491 g/mol. The van der Waals surface area contributed by atoms with Crippen molar-refractivity contribution in [2.24, 2.45) is 0 Å². The molecule has 0 aromatic heterocycles. The molecule has 0 atom stereocenters. The Bertz CT molecular complexity index is 1240. The lowest BCUT2D eigenvalue weighted by atomic mass is 10.1. The fraction of sp³-hybridized carbons (Fsp3) is 0.286. The molecule has 0 saturated carbocycles. The van der Waals surface area contributed by atoms with Gasteiger partial charge in [0.15, 0.2) is 18.1 Å². The molecule has 0 fully saturated rings. The zero-order valence-corrected chi connectivity index (χ0v) is 20.7. The highest BCUT2D eigenvalue weighted by atomic mass is 16.5. The summed E-state index contributed by atoms with van der Waals surface area (Å²) < 4.78 is 22.0. The van der Waals surface area contributed by atoms with E-state index in [1.807, 2.05) is 49.4 Å². The second kappa shape index (κ2) is 11.5. The third-order valence-electron chi connectivity index (χ3n) is 5.85. The zero-order chi connectivity index (χ0) is 25.5. The van der Waals surface area contributed by atoms with E-state index in [4.69, 9.17) is 18.9 Å². The molecule has 3 aromatic rings. The third kappa shape index (κ3) is 6.07. The Morgan fingerprint density at radius 3 is 2.64 bits per heavy atom. The normalized spacial score (nSPS) is 12.4. The highest BCUT2D eigenvalue weighted by Gasteiger charge is 2.26. The second-order valence-electron chi connectivity index (χ2n) is 8.42. The maximum Gasteiger partial charge on any atom is 0.265 e. The van der Waals surface area contributed by atoms with Gasteiger partial charge in [-0.05, 0) is 66.9 Å². The minimum absolute atomic E-state index is 0.0333. The number of hydrogen-bond donors (Lipinski definition) is 1. The van der Waals surface area contributed by atoms with Crippen molar-refractivity contribution in [2.75, 3.05) is 44.2 Å². The number of hydrogen-bond acceptors (Lipinski definition) is 6. The smallest absolute Gasteiger partial charge is 0.265 e. The van der Waals surface area contributed by atoms with E-state index in [0.29, 0.717) is 48.2 Å². The van der Waals surface area contributed by atoms with E-state index in [0.717, 1.165) is 16.9 Å². The topological polar surface area (TPSA) is 86.3 Å². The van der Waals surface area contributed by atoms with Crippen LogP contribution in [-0.2, 0) is 16.0 Å². The number of rotatable bonds is 10. The standard InChI is InChI=1S/C28H30N2O6/c1-19-5-4-6-22(15-19)35-14-13-30-23-17-21(9-11-24(23)36-18-28(30)32)29-27(31)12-8-20-7-10-25(33-2)26(16-20)34-3/h4-7,9-11,15-17H,8,12-14,18H2,1-3H3,(H,29,31). The summed E-state index contributed by atoms with van der Waals surface area (Å²) in [5.74, 6) is 2.32. The van der Waals surface area contributed by atoms with Gasteiger partial charge >= 0.3 is 0 Å². The lowest BCUT2D eigenvalue weighted by Gasteiger charge is -2.29. The van der Waals surface area contributed by atoms with Gasteiger partial charge in [0.25, 0.3) is 5.91 Å². The molecule has 3 aromatic carbocycles. The molecule has 8 heteroatoms. The van der Waals surface area contributed by atoms with Crippen LogP contribution in [0.3, 0.4) is 0 Å². The maximum atomic E-state index is 12.6. The molecule has 1 aliphatic heterocycles. The van der Waals surface area contributed by atoms with E-state index in [-0.39, 0.29) is 24.8 Å². The van der Waals surface area contributed by atoms with Crippen molar-refractivity contribution in [3.63, 3.8) is 0 Å². The van der Waals surface area contributed by atoms with E-state index in [1.54, 1.807) is 37.3 Å². The highest BCUT2D eigenvalue weighted by molar-refractivity contribution is 5.99. The van der Waals surface area contributed by atoms with Gasteiger partial charge in [-0.25, -0.2) is 0 Å². The number of anilines is 2. The molecule has 0 unspecified atom stereocenters. The maximum absolute atomic E-state index is 12.6. The van der Waals surface area contributed by atoms with Crippen LogP contribution < -0.4 is 29.2 Å². The van der Waals surface area contributed by atoms with Gasteiger partial charge < -0.3 is 29.2 Å². The first-order chi connectivity index (χ1) is 17.5. The Hall–Kier alpha value is -4.20. The summed E-state index contributed by atoms with van der Waals surface area (Å²) in [6, 6.07) is 18.7. The SMILES string of the molecule is COc1ccc(CCC(=O)Nc2ccc3c(c2)N(CCOc2cccc(C)c2)C(=O)CO3)cc1OC. The first-order valence-electron chi connectivity index (χ1n) is 11.7. The number of ether oxygens (including phenoxy) is 4. The van der Waals surface area contributed by atoms with Crippen molar-refractivity contribution in [1.82, 2.24) is 0 Å². The molecule has 0 saturated heterocycles. The van der Waals surface area contributed by atoms with Crippen LogP contribution in [0, 0.1) is 6.92 Å². The van der Waals surface area contributed by atoms with Crippen LogP contribution in [-0.4, -0.2) is 45.8 Å². The van der Waals surface area contributed by atoms with Crippen molar-refractivity contribution < 1.29 is 28.5 Å². The van der Waals surface area contributed by atoms with Crippen LogP contribution in [0.15, 0.2) is 60.7 Å². The number of aryl methyl sites for hydroxylation is 2. The first-order valence-corrected chi connectivity index (χ1v) is 11.7. The van der Waals surface area contributed by atoms with E-state index < -0.39 is 0 Å². The molecular formula is C28H30N2O6. The van der Waals surface area contributed by atoms with Gasteiger partial charge in [-0.2, -0.15) is 0 Å². The minimum Gasteiger partial charge on any atom is -0.493 e. The molecule has 0 bridgehead atoms. The van der Waals surface area contributed by atoms with E-state index in [2.05, 4.69) is 5.32 Å². The number of benzene rings is 3. The molecule has 0 spiro atoms. The van der Waals surface area contributed by atoms with Crippen molar-refractivity contribution in [3.8, 4) is 23.0 Å². The van der Waals surface area contributed by atoms with Gasteiger partial charge in [-0.3, -0.25) is 9.59 Å². The molecule has 36 heavy (non-hydrogen) atoms. The van der Waals surface area contributed by atoms with Crippen LogP contribution in [0.5, 0.6) is 23.0 Å². The van der Waals surface area contributed by atoms with Crippen LogP contribution in [0.25, 0.3) is 0 Å². The Morgan fingerprint density at radius 1 is 1.03 bits per heavy atom. The van der Waals surface area contributed by atoms with Crippen molar-refractivity contribution in [1.29, 1.82) is 0 Å². The number of nitrogens with zero attached hydrogens (tertiary/aromatic N) is 1. The monoisotopic (exact) mass is 490 g/mol. The van der Waals surface area contributed by atoms with Crippen LogP contribution in [0.1, 0.15) is 17.5 Å². The molecule has 4 rings (SSSR count). The molecule has 0 radical (unpaired) electrons. The van der Waals surface area contributed by atoms with Crippen molar-refractivity contribution >= 4 is 23.2 Å². The van der Waals surface area contributed by atoms with Gasteiger partial charge in [0, 0.05) is 12.1 Å². The summed E-state index contributed by atoms with van der Waals surface area (Å²) in [7, 11) is 3.16. The summed E-state index contributed by atoms with van der Waals surface area (Å²) >= 11 is 0. The predicted octanol–water partition coefficient (Wildman–Crippen LogP) is 4.39. The van der Waals surface area contributed by atoms with Gasteiger partial charge in [-0.1, -0.05) is 18.2 Å². The molecule has 2 amide bonds. The Morgan fingerprint density at radius 2 is 1.86 bits per heavy atom. The molecule has 1 N–H and O–H groups in total. The second-order valence-corrected chi connectivity index (χ2v) is 8.42. The Balaban J connectivity index is 1.38. The number of amides is 2. The Labute approximate surface area is 210 Å². The highest BCUT2D eigenvalue weighted by Crippen LogP contribution is 2.34. The molecule has 1 heterocycles. The fourth-order valence-electron chi connectivity index (χ4n) is 4.00. The van der Waals surface area contributed by atoms with Gasteiger partial charge in [-0.15, -0.1) is 0 Å². The van der Waals surface area contributed by atoms with E-state index >= 15 is 0 Å². The lowest BCUT2D eigenvalue weighted by Crippen LogP contribution is -2.41. The van der Waals surface area contributed by atoms with Crippen molar-refractivity contribution in [3.05, 3.63) is 71.8 Å². The molecule has 8 nitrogen and oxygen atoms in total. The largest absolute Gasteiger partial charge is 0.493 e. The summed E-state index contributed by atoms with van der Waals surface area (Å²) in [5.41, 5.74) is 3.27. The van der Waals surface area contributed by atoms with E-state index in [1.165, 1.54) is 0 Å². The first kappa shape index (κ1) is 24.9. The van der Waals surface area contributed by atoms with Crippen molar-refractivity contribution in [2.45, 2.75) is 19.8 Å². The number of carbonyl (C=O) groups is 2. The number of methoxy groups -OCH3 is 2. The van der Waals surface area contributed by atoms with Gasteiger partial charge in [0.1, 0.15) is 18.1 Å². The predicted molar refractivity (Wildman–Crippen MR) is 137 cm³/mol. The molecule has 1 aliphatic rings. The summed E-state index contributed by atoms with van der Waals surface area (Å²) in [6.45, 7) is 2.66. The fourth-order valence-corrected chi connectivity index (χ4v) is 4.00. The number of fused-ring (bicyclic) bond motifs is 1. The van der Waals surface area contributed by atoms with E-state index in [9.17, 15) is 9.59 Å². The summed E-state index contributed by atoms with van der Waals surface area (Å²) in [4.78, 5) is 26.9. The van der Waals surface area contributed by atoms with Crippen LogP contribution in [0.4, 0.5) is 11.4 Å². The average Bonchev–Trinajstić information content (AvgIpc) is 2.88. The van der Waals surface area contributed by atoms with Crippen LogP contribution in [0.2, 0.25) is 0 Å². The quantitative estimate of drug-likeness (QED) is 0.454. The lowest BCUT2D eigenvalue weighted by molar-refractivity contribution is -0.121.